The normalized spacial score (nSPS) is 11.8. The smallest absolute Gasteiger partial charge is 0.347 e. The summed E-state index contributed by atoms with van der Waals surface area (Å²) in [5, 5.41) is 0. The Labute approximate surface area is 90.6 Å². The van der Waals surface area contributed by atoms with Crippen LogP contribution in [0.2, 0.25) is 0 Å². The topological polar surface area (TPSA) is 28.7 Å². The van der Waals surface area contributed by atoms with Gasteiger partial charge in [-0.2, -0.15) is 13.2 Å². The molecule has 0 saturated heterocycles. The second-order valence-corrected chi connectivity index (χ2v) is 3.62. The molecule has 6 heteroatoms. The van der Waals surface area contributed by atoms with Crippen LogP contribution in [0.5, 0.6) is 0 Å². The van der Waals surface area contributed by atoms with E-state index in [-0.39, 0.29) is 10.5 Å². The molecule has 84 valence electrons. The maximum atomic E-state index is 12.1. The highest BCUT2D eigenvalue weighted by Gasteiger charge is 2.29. The fourth-order valence-electron chi connectivity index (χ4n) is 1.26. The van der Waals surface area contributed by atoms with Gasteiger partial charge in [0.15, 0.2) is 0 Å². The molecule has 0 spiro atoms. The number of aryl methyl sites for hydroxylation is 1. The van der Waals surface area contributed by atoms with Gasteiger partial charge < -0.3 is 4.98 Å². The fourth-order valence-corrected chi connectivity index (χ4v) is 1.49. The Morgan fingerprint density at radius 2 is 2.00 bits per heavy atom. The number of hydrogen-bond donors (Lipinski definition) is 1. The third kappa shape index (κ3) is 3.30. The molecule has 0 aliphatic rings. The molecule has 0 saturated carbocycles. The molecule has 2 nitrogen and oxygen atoms in total. The summed E-state index contributed by atoms with van der Waals surface area (Å²) in [5.74, 6) is -0.116. The maximum Gasteiger partial charge on any atom is 0.396 e. The quantitative estimate of drug-likeness (QED) is 0.799. The van der Waals surface area contributed by atoms with Gasteiger partial charge in [0.2, 0.25) is 0 Å². The second-order valence-electron chi connectivity index (χ2n) is 3.24. The van der Waals surface area contributed by atoms with E-state index in [2.05, 4.69) is 9.97 Å². The first-order chi connectivity index (χ1) is 6.83. The molecule has 1 heterocycles. The van der Waals surface area contributed by atoms with Crippen molar-refractivity contribution in [2.24, 2.45) is 0 Å². The number of nitrogens with zero attached hydrogens (tertiary/aromatic N) is 1. The molecule has 1 aromatic heterocycles. The Bertz CT molecular complexity index is 409. The van der Waals surface area contributed by atoms with Gasteiger partial charge in [-0.1, -0.05) is 19.1 Å². The van der Waals surface area contributed by atoms with E-state index in [1.165, 1.54) is 0 Å². The number of H-pyrrole nitrogens is 1. The Balaban J connectivity index is 3.12. The molecule has 1 N–H and O–H groups in total. The first kappa shape index (κ1) is 12.2. The van der Waals surface area contributed by atoms with Crippen molar-refractivity contribution in [2.45, 2.75) is 32.9 Å². The van der Waals surface area contributed by atoms with Crippen molar-refractivity contribution in [3.8, 4) is 0 Å². The Kier molecular flexibility index (Phi) is 3.49. The number of aromatic amines is 1. The van der Waals surface area contributed by atoms with E-state index in [9.17, 15) is 13.2 Å². The van der Waals surface area contributed by atoms with Crippen LogP contribution in [-0.4, -0.2) is 16.1 Å². The van der Waals surface area contributed by atoms with Crippen molar-refractivity contribution in [3.05, 3.63) is 21.7 Å². The van der Waals surface area contributed by atoms with Crippen LogP contribution in [0.4, 0.5) is 13.2 Å². The van der Waals surface area contributed by atoms with Crippen molar-refractivity contribution in [3.63, 3.8) is 0 Å². The largest absolute Gasteiger partial charge is 0.396 e. The lowest BCUT2D eigenvalue weighted by atomic mass is 10.2. The summed E-state index contributed by atoms with van der Waals surface area (Å²) in [7, 11) is 0. The summed E-state index contributed by atoms with van der Waals surface area (Å²) in [4.78, 5) is 6.37. The molecule has 0 unspecified atom stereocenters. The number of aromatic nitrogens is 2. The van der Waals surface area contributed by atoms with E-state index in [0.717, 1.165) is 5.56 Å². The van der Waals surface area contributed by atoms with Crippen molar-refractivity contribution in [2.75, 3.05) is 0 Å². The van der Waals surface area contributed by atoms with Gasteiger partial charge in [-0.3, -0.25) is 0 Å². The van der Waals surface area contributed by atoms with E-state index >= 15 is 0 Å². The predicted molar refractivity (Wildman–Crippen MR) is 53.3 cm³/mol. The first-order valence-electron chi connectivity index (χ1n) is 4.49. The monoisotopic (exact) mass is 236 g/mol. The zero-order valence-electron chi connectivity index (χ0n) is 8.40. The highest BCUT2D eigenvalue weighted by molar-refractivity contribution is 7.71. The van der Waals surface area contributed by atoms with Gasteiger partial charge in [0.05, 0.1) is 0 Å². The molecule has 0 aliphatic carbocycles. The van der Waals surface area contributed by atoms with Gasteiger partial charge in [-0.15, -0.1) is 0 Å². The lowest BCUT2D eigenvalue weighted by Crippen LogP contribution is -2.15. The van der Waals surface area contributed by atoms with E-state index < -0.39 is 12.6 Å². The highest BCUT2D eigenvalue weighted by Crippen LogP contribution is 2.20. The lowest BCUT2D eigenvalue weighted by Gasteiger charge is -2.09. The van der Waals surface area contributed by atoms with E-state index in [4.69, 9.17) is 12.2 Å². The molecule has 0 amide bonds. The zero-order chi connectivity index (χ0) is 11.6. The van der Waals surface area contributed by atoms with E-state index in [1.807, 2.05) is 6.92 Å². The summed E-state index contributed by atoms with van der Waals surface area (Å²) >= 11 is 4.89. The number of rotatable bonds is 2. The molecule has 0 fully saturated rings. The minimum Gasteiger partial charge on any atom is -0.347 e. The first-order valence-corrected chi connectivity index (χ1v) is 4.89. The van der Waals surface area contributed by atoms with Gasteiger partial charge in [0.25, 0.3) is 0 Å². The molecule has 1 rings (SSSR count). The molecular weight excluding hydrogens is 225 g/mol. The molecule has 1 aromatic rings. The Morgan fingerprint density at radius 3 is 2.47 bits per heavy atom. The Hall–Kier alpha value is -0.910. The summed E-state index contributed by atoms with van der Waals surface area (Å²) in [6, 6.07) is 0. The number of nitrogens with one attached hydrogen (secondary N) is 1. The Morgan fingerprint density at radius 1 is 1.40 bits per heavy atom. The number of halogens is 3. The SMILES string of the molecule is CCc1[nH]c(CC(F)(F)F)nc(=S)c1C. The third-order valence-corrected chi connectivity index (χ3v) is 2.42. The minimum atomic E-state index is -4.26. The lowest BCUT2D eigenvalue weighted by molar-refractivity contribution is -0.128. The van der Waals surface area contributed by atoms with Crippen molar-refractivity contribution in [1.82, 2.24) is 9.97 Å². The standard InChI is InChI=1S/C9H11F3N2S/c1-3-6-5(2)8(15)14-7(13-6)4-9(10,11)12/h3-4H2,1-2H3,(H,13,14,15). The summed E-state index contributed by atoms with van der Waals surface area (Å²) in [6.07, 6.45) is -4.71. The predicted octanol–water partition coefficient (Wildman–Crippen LogP) is 3.11. The van der Waals surface area contributed by atoms with Crippen molar-refractivity contribution in [1.29, 1.82) is 0 Å². The van der Waals surface area contributed by atoms with E-state index in [1.54, 1.807) is 6.92 Å². The summed E-state index contributed by atoms with van der Waals surface area (Å²) < 4.78 is 36.6. The van der Waals surface area contributed by atoms with Gasteiger partial charge in [-0.05, 0) is 13.3 Å². The fraction of sp³-hybridized carbons (Fsp3) is 0.556. The molecule has 0 aliphatic heterocycles. The third-order valence-electron chi connectivity index (χ3n) is 2.03. The van der Waals surface area contributed by atoms with Crippen molar-refractivity contribution < 1.29 is 13.2 Å². The van der Waals surface area contributed by atoms with Gasteiger partial charge >= 0.3 is 6.18 Å². The zero-order valence-corrected chi connectivity index (χ0v) is 9.22. The molecular formula is C9H11F3N2S. The average Bonchev–Trinajstić information content (AvgIpc) is 2.08. The molecule has 15 heavy (non-hydrogen) atoms. The summed E-state index contributed by atoms with van der Waals surface area (Å²) in [6.45, 7) is 3.60. The minimum absolute atomic E-state index is 0.116. The molecule has 0 aromatic carbocycles. The van der Waals surface area contributed by atoms with Crippen LogP contribution in [0.1, 0.15) is 24.0 Å². The number of hydrogen-bond acceptors (Lipinski definition) is 2. The van der Waals surface area contributed by atoms with Crippen molar-refractivity contribution >= 4 is 12.2 Å². The second kappa shape index (κ2) is 4.30. The maximum absolute atomic E-state index is 12.1. The van der Waals surface area contributed by atoms with Crippen LogP contribution < -0.4 is 0 Å². The van der Waals surface area contributed by atoms with Crippen LogP contribution in [-0.2, 0) is 12.8 Å². The molecule has 0 atom stereocenters. The van der Waals surface area contributed by atoms with Crippen LogP contribution >= 0.6 is 12.2 Å². The van der Waals surface area contributed by atoms with Gasteiger partial charge in [-0.25, -0.2) is 4.98 Å². The highest BCUT2D eigenvalue weighted by atomic mass is 32.1. The summed E-state index contributed by atoms with van der Waals surface area (Å²) in [5.41, 5.74) is 1.47. The van der Waals surface area contributed by atoms with Crippen LogP contribution in [0, 0.1) is 11.6 Å². The molecule has 0 bridgehead atoms. The van der Waals surface area contributed by atoms with E-state index in [0.29, 0.717) is 12.1 Å². The molecule has 0 radical (unpaired) electrons. The van der Waals surface area contributed by atoms with Crippen LogP contribution in [0.25, 0.3) is 0 Å². The van der Waals surface area contributed by atoms with Gasteiger partial charge in [0, 0.05) is 11.3 Å². The number of alkyl halides is 3. The van der Waals surface area contributed by atoms with Crippen LogP contribution in [0.15, 0.2) is 0 Å². The van der Waals surface area contributed by atoms with Crippen LogP contribution in [0.3, 0.4) is 0 Å². The van der Waals surface area contributed by atoms with Gasteiger partial charge in [0.1, 0.15) is 16.9 Å². The average molecular weight is 236 g/mol.